The lowest BCUT2D eigenvalue weighted by Gasteiger charge is -2.45. The fraction of sp³-hybridized carbons (Fsp3) is 0.846. The van der Waals surface area contributed by atoms with Crippen LogP contribution in [0.15, 0.2) is 0 Å². The average Bonchev–Trinajstić information content (AvgIpc) is 2.41. The Morgan fingerprint density at radius 1 is 1.38 bits per heavy atom. The summed E-state index contributed by atoms with van der Waals surface area (Å²) in [6, 6.07) is 0. The van der Waals surface area contributed by atoms with E-state index in [0.717, 1.165) is 32.1 Å². The molecule has 0 spiro atoms. The van der Waals surface area contributed by atoms with Crippen LogP contribution in [-0.4, -0.2) is 17.9 Å². The molecule has 2 saturated heterocycles. The van der Waals surface area contributed by atoms with Gasteiger partial charge in [-0.2, -0.15) is 0 Å². The van der Waals surface area contributed by atoms with Crippen molar-refractivity contribution in [3.8, 4) is 0 Å². The predicted octanol–water partition coefficient (Wildman–Crippen LogP) is 2.09. The summed E-state index contributed by atoms with van der Waals surface area (Å²) >= 11 is 0. The topological polar surface area (TPSA) is 43.4 Å². The van der Waals surface area contributed by atoms with Gasteiger partial charge in [-0.25, -0.2) is 0 Å². The van der Waals surface area contributed by atoms with Crippen molar-refractivity contribution in [1.29, 1.82) is 0 Å². The third-order valence-electron chi connectivity index (χ3n) is 4.68. The number of carbonyl (C=O) groups excluding carboxylic acids is 2. The second kappa shape index (κ2) is 3.31. The quantitative estimate of drug-likeness (QED) is 0.672. The molecule has 88 valence electrons. The van der Waals surface area contributed by atoms with Gasteiger partial charge in [0.25, 0.3) is 0 Å². The van der Waals surface area contributed by atoms with Crippen LogP contribution in [0, 0.1) is 17.3 Å². The highest BCUT2D eigenvalue weighted by Gasteiger charge is 2.55. The molecular formula is C13H18O3. The summed E-state index contributed by atoms with van der Waals surface area (Å²) in [5.74, 6) is 0.851. The molecule has 2 aliphatic heterocycles. The summed E-state index contributed by atoms with van der Waals surface area (Å²) < 4.78 is 5.46. The minimum absolute atomic E-state index is 0.00162. The SMILES string of the molecule is CCC(=O)C12CC3CC(C1)OC(=O)C(C3)C2. The molecule has 0 aromatic rings. The fourth-order valence-electron chi connectivity index (χ4n) is 4.16. The number of hydrogen-bond acceptors (Lipinski definition) is 3. The third kappa shape index (κ3) is 1.33. The predicted molar refractivity (Wildman–Crippen MR) is 57.7 cm³/mol. The zero-order valence-corrected chi connectivity index (χ0v) is 9.70. The van der Waals surface area contributed by atoms with Crippen molar-refractivity contribution in [2.45, 2.75) is 51.6 Å². The lowest BCUT2D eigenvalue weighted by Crippen LogP contribution is -2.44. The minimum atomic E-state index is -0.211. The van der Waals surface area contributed by atoms with Crippen molar-refractivity contribution in [2.24, 2.45) is 17.3 Å². The smallest absolute Gasteiger partial charge is 0.309 e. The summed E-state index contributed by atoms with van der Waals surface area (Å²) in [6.07, 6.45) is 5.11. The lowest BCUT2D eigenvalue weighted by atomic mass is 9.57. The number of Topliss-reactive ketones (excluding diaryl/α,β-unsaturated/α-hetero) is 1. The summed E-state index contributed by atoms with van der Waals surface area (Å²) in [4.78, 5) is 23.9. The number of rotatable bonds is 2. The van der Waals surface area contributed by atoms with E-state index >= 15 is 0 Å². The second-order valence-electron chi connectivity index (χ2n) is 5.76. The van der Waals surface area contributed by atoms with E-state index in [1.54, 1.807) is 0 Å². The molecule has 3 heteroatoms. The van der Waals surface area contributed by atoms with E-state index in [1.807, 2.05) is 6.92 Å². The normalized spacial score (nSPS) is 45.3. The lowest BCUT2D eigenvalue weighted by molar-refractivity contribution is -0.151. The maximum atomic E-state index is 12.2. The van der Waals surface area contributed by atoms with Crippen LogP contribution in [0.25, 0.3) is 0 Å². The van der Waals surface area contributed by atoms with Crippen molar-refractivity contribution >= 4 is 11.8 Å². The van der Waals surface area contributed by atoms with E-state index in [4.69, 9.17) is 4.74 Å². The van der Waals surface area contributed by atoms with E-state index in [9.17, 15) is 9.59 Å². The number of esters is 1. The van der Waals surface area contributed by atoms with Crippen molar-refractivity contribution in [2.75, 3.05) is 0 Å². The first-order valence-corrected chi connectivity index (χ1v) is 6.37. The van der Waals surface area contributed by atoms with E-state index in [-0.39, 0.29) is 23.4 Å². The van der Waals surface area contributed by atoms with Crippen molar-refractivity contribution in [3.05, 3.63) is 0 Å². The molecule has 4 rings (SSSR count). The number of hydrogen-bond donors (Lipinski definition) is 0. The van der Waals surface area contributed by atoms with E-state index in [0.29, 0.717) is 18.1 Å². The minimum Gasteiger partial charge on any atom is -0.462 e. The maximum absolute atomic E-state index is 12.2. The molecule has 0 radical (unpaired) electrons. The van der Waals surface area contributed by atoms with Crippen molar-refractivity contribution in [1.82, 2.24) is 0 Å². The summed E-state index contributed by atoms with van der Waals surface area (Å²) in [5, 5.41) is 0. The van der Waals surface area contributed by atoms with Crippen LogP contribution in [0.2, 0.25) is 0 Å². The van der Waals surface area contributed by atoms with E-state index in [1.165, 1.54) is 0 Å². The van der Waals surface area contributed by atoms with Gasteiger partial charge in [-0.1, -0.05) is 6.92 Å². The highest BCUT2D eigenvalue weighted by atomic mass is 16.5. The Labute approximate surface area is 95.5 Å². The molecular weight excluding hydrogens is 204 g/mol. The average molecular weight is 222 g/mol. The van der Waals surface area contributed by atoms with Gasteiger partial charge >= 0.3 is 5.97 Å². The van der Waals surface area contributed by atoms with Crippen LogP contribution in [0.1, 0.15) is 45.4 Å². The number of carbonyl (C=O) groups is 2. The largest absolute Gasteiger partial charge is 0.462 e. The highest BCUT2D eigenvalue weighted by Crippen LogP contribution is 2.55. The summed E-state index contributed by atoms with van der Waals surface area (Å²) in [5.41, 5.74) is -0.211. The van der Waals surface area contributed by atoms with Gasteiger partial charge in [0.1, 0.15) is 11.9 Å². The van der Waals surface area contributed by atoms with Gasteiger partial charge in [0.05, 0.1) is 5.92 Å². The summed E-state index contributed by atoms with van der Waals surface area (Å²) in [7, 11) is 0. The monoisotopic (exact) mass is 222 g/mol. The molecule has 4 aliphatic rings. The molecule has 4 bridgehead atoms. The Morgan fingerprint density at radius 2 is 2.19 bits per heavy atom. The Hall–Kier alpha value is -0.860. The molecule has 3 nitrogen and oxygen atoms in total. The zero-order valence-electron chi connectivity index (χ0n) is 9.70. The molecule has 2 aliphatic carbocycles. The second-order valence-corrected chi connectivity index (χ2v) is 5.76. The van der Waals surface area contributed by atoms with E-state index < -0.39 is 0 Å². The van der Waals surface area contributed by atoms with Crippen molar-refractivity contribution < 1.29 is 14.3 Å². The number of ketones is 1. The molecule has 0 amide bonds. The standard InChI is InChI=1S/C13H18O3/c1-2-11(14)13-5-8-3-9(6-13)12(15)16-10(4-8)7-13/h8-10H,2-7H2,1H3. The highest BCUT2D eigenvalue weighted by molar-refractivity contribution is 5.86. The molecule has 4 unspecified atom stereocenters. The van der Waals surface area contributed by atoms with Gasteiger partial charge in [0.15, 0.2) is 0 Å². The molecule has 4 atom stereocenters. The van der Waals surface area contributed by atoms with Crippen LogP contribution in [0.4, 0.5) is 0 Å². The molecule has 2 heterocycles. The van der Waals surface area contributed by atoms with Crippen LogP contribution >= 0.6 is 0 Å². The first-order valence-electron chi connectivity index (χ1n) is 6.37. The number of ether oxygens (including phenoxy) is 1. The Kier molecular flexibility index (Phi) is 2.13. The third-order valence-corrected chi connectivity index (χ3v) is 4.68. The van der Waals surface area contributed by atoms with Gasteiger partial charge in [-0.05, 0) is 38.0 Å². The maximum Gasteiger partial charge on any atom is 0.309 e. The van der Waals surface area contributed by atoms with Gasteiger partial charge in [0, 0.05) is 11.8 Å². The Morgan fingerprint density at radius 3 is 2.94 bits per heavy atom. The molecule has 0 aromatic heterocycles. The van der Waals surface area contributed by atoms with Crippen LogP contribution in [0.3, 0.4) is 0 Å². The van der Waals surface area contributed by atoms with Gasteiger partial charge in [0.2, 0.25) is 0 Å². The van der Waals surface area contributed by atoms with Gasteiger partial charge in [-0.15, -0.1) is 0 Å². The van der Waals surface area contributed by atoms with E-state index in [2.05, 4.69) is 0 Å². The first kappa shape index (κ1) is 10.3. The fourth-order valence-corrected chi connectivity index (χ4v) is 4.16. The zero-order chi connectivity index (χ0) is 11.3. The summed E-state index contributed by atoms with van der Waals surface area (Å²) in [6.45, 7) is 1.93. The molecule has 0 aromatic carbocycles. The van der Waals surface area contributed by atoms with Gasteiger partial charge in [-0.3, -0.25) is 9.59 Å². The van der Waals surface area contributed by atoms with Gasteiger partial charge < -0.3 is 4.74 Å². The molecule has 2 saturated carbocycles. The molecule has 0 N–H and O–H groups in total. The van der Waals surface area contributed by atoms with Crippen LogP contribution < -0.4 is 0 Å². The number of fused-ring (bicyclic) bond motifs is 1. The Balaban J connectivity index is 1.98. The Bertz CT molecular complexity index is 349. The molecule has 16 heavy (non-hydrogen) atoms. The van der Waals surface area contributed by atoms with Crippen LogP contribution in [0.5, 0.6) is 0 Å². The molecule has 4 fully saturated rings. The first-order chi connectivity index (χ1) is 7.63. The van der Waals surface area contributed by atoms with Crippen molar-refractivity contribution in [3.63, 3.8) is 0 Å². The van der Waals surface area contributed by atoms with Crippen LogP contribution in [-0.2, 0) is 14.3 Å².